The molecule has 29 heavy (non-hydrogen) atoms. The molecular formula is C23H27NO5. The summed E-state index contributed by atoms with van der Waals surface area (Å²) in [6.45, 7) is 7.68. The fourth-order valence-corrected chi connectivity index (χ4v) is 3.36. The summed E-state index contributed by atoms with van der Waals surface area (Å²) in [7, 11) is 0. The van der Waals surface area contributed by atoms with Crippen LogP contribution >= 0.6 is 0 Å². The smallest absolute Gasteiger partial charge is 0.407 e. The van der Waals surface area contributed by atoms with E-state index in [1.54, 1.807) is 13.0 Å². The van der Waals surface area contributed by atoms with Gasteiger partial charge in [-0.05, 0) is 81.0 Å². The van der Waals surface area contributed by atoms with Crippen LogP contribution in [-0.2, 0) is 11.2 Å². The number of carboxylic acid groups (broad SMARTS) is 1. The van der Waals surface area contributed by atoms with Gasteiger partial charge in [-0.15, -0.1) is 0 Å². The van der Waals surface area contributed by atoms with Crippen molar-refractivity contribution < 1.29 is 24.2 Å². The highest BCUT2D eigenvalue weighted by Gasteiger charge is 2.22. The largest absolute Gasteiger partial charge is 0.488 e. The fourth-order valence-electron chi connectivity index (χ4n) is 3.36. The maximum absolute atomic E-state index is 11.8. The number of rotatable bonds is 4. The van der Waals surface area contributed by atoms with E-state index in [4.69, 9.17) is 9.47 Å². The van der Waals surface area contributed by atoms with Crippen molar-refractivity contribution in [2.45, 2.75) is 52.2 Å². The molecule has 1 aliphatic heterocycles. The third-order valence-corrected chi connectivity index (χ3v) is 4.75. The molecule has 0 aliphatic carbocycles. The summed E-state index contributed by atoms with van der Waals surface area (Å²) < 4.78 is 11.3. The number of carbonyl (C=O) groups is 2. The van der Waals surface area contributed by atoms with E-state index < -0.39 is 17.7 Å². The van der Waals surface area contributed by atoms with Crippen LogP contribution in [0.5, 0.6) is 5.75 Å². The minimum absolute atomic E-state index is 0.0991. The molecule has 0 aromatic heterocycles. The first-order valence-corrected chi connectivity index (χ1v) is 9.73. The number of fused-ring (bicyclic) bond motifs is 1. The molecule has 1 aliphatic rings. The Morgan fingerprint density at radius 2 is 1.86 bits per heavy atom. The van der Waals surface area contributed by atoms with Crippen molar-refractivity contribution in [1.29, 1.82) is 0 Å². The molecule has 3 rings (SSSR count). The number of hydrogen-bond donors (Lipinski definition) is 2. The number of hydrogen-bond acceptors (Lipinski definition) is 4. The molecule has 2 aromatic carbocycles. The second-order valence-corrected chi connectivity index (χ2v) is 8.32. The van der Waals surface area contributed by atoms with Gasteiger partial charge in [0.2, 0.25) is 0 Å². The van der Waals surface area contributed by atoms with Crippen LogP contribution in [0.3, 0.4) is 0 Å². The first-order valence-electron chi connectivity index (χ1n) is 9.73. The summed E-state index contributed by atoms with van der Waals surface area (Å²) in [5.74, 6) is -0.103. The maximum Gasteiger partial charge on any atom is 0.407 e. The average Bonchev–Trinajstić information content (AvgIpc) is 2.64. The van der Waals surface area contributed by atoms with Crippen LogP contribution in [0.2, 0.25) is 0 Å². The lowest BCUT2D eigenvalue weighted by atomic mass is 9.95. The Morgan fingerprint density at radius 3 is 2.52 bits per heavy atom. The van der Waals surface area contributed by atoms with Crippen molar-refractivity contribution in [2.75, 3.05) is 6.54 Å². The first kappa shape index (κ1) is 20.7. The Balaban J connectivity index is 1.66. The highest BCUT2D eigenvalue weighted by atomic mass is 16.6. The van der Waals surface area contributed by atoms with Gasteiger partial charge in [-0.3, -0.25) is 0 Å². The second kappa shape index (κ2) is 8.15. The predicted molar refractivity (Wildman–Crippen MR) is 111 cm³/mol. The minimum atomic E-state index is -0.918. The third kappa shape index (κ3) is 5.28. The predicted octanol–water partition coefficient (Wildman–Crippen LogP) is 4.58. The number of alkyl carbamates (subject to hydrolysis) is 1. The maximum atomic E-state index is 11.8. The summed E-state index contributed by atoms with van der Waals surface area (Å²) in [5.41, 5.74) is 3.63. The van der Waals surface area contributed by atoms with Crippen LogP contribution in [0.1, 0.15) is 48.7 Å². The van der Waals surface area contributed by atoms with Crippen LogP contribution in [0.15, 0.2) is 36.4 Å². The van der Waals surface area contributed by atoms with Crippen LogP contribution in [0, 0.1) is 6.92 Å². The third-order valence-electron chi connectivity index (χ3n) is 4.75. The number of carboxylic acids is 1. The molecule has 0 fully saturated rings. The lowest BCUT2D eigenvalue weighted by Crippen LogP contribution is -2.40. The Bertz CT molecular complexity index is 929. The SMILES string of the molecule is Cc1cc(-c2ccc3c(c2)CC[C@H](CNC(=O)OC(C)(C)C)O3)ccc1C(=O)O. The molecule has 2 N–H and O–H groups in total. The van der Waals surface area contributed by atoms with Gasteiger partial charge < -0.3 is 19.9 Å². The molecule has 154 valence electrons. The highest BCUT2D eigenvalue weighted by molar-refractivity contribution is 5.90. The van der Waals surface area contributed by atoms with Gasteiger partial charge in [0.15, 0.2) is 0 Å². The summed E-state index contributed by atoms with van der Waals surface area (Å²) in [5, 5.41) is 12.0. The van der Waals surface area contributed by atoms with Crippen molar-refractivity contribution in [3.05, 3.63) is 53.1 Å². The zero-order valence-corrected chi connectivity index (χ0v) is 17.2. The summed E-state index contributed by atoms with van der Waals surface area (Å²) >= 11 is 0. The topological polar surface area (TPSA) is 84.9 Å². The number of ether oxygens (including phenoxy) is 2. The normalized spacial score (nSPS) is 15.8. The molecule has 1 heterocycles. The quantitative estimate of drug-likeness (QED) is 0.789. The van der Waals surface area contributed by atoms with Crippen molar-refractivity contribution in [3.8, 4) is 16.9 Å². The molecule has 0 saturated heterocycles. The van der Waals surface area contributed by atoms with Crippen molar-refractivity contribution >= 4 is 12.1 Å². The van der Waals surface area contributed by atoms with E-state index in [2.05, 4.69) is 11.4 Å². The van der Waals surface area contributed by atoms with E-state index >= 15 is 0 Å². The zero-order valence-electron chi connectivity index (χ0n) is 17.2. The lowest BCUT2D eigenvalue weighted by molar-refractivity contribution is 0.0494. The number of aromatic carboxylic acids is 1. The van der Waals surface area contributed by atoms with Gasteiger partial charge in [-0.25, -0.2) is 9.59 Å². The van der Waals surface area contributed by atoms with E-state index in [0.29, 0.717) is 12.1 Å². The Kier molecular flexibility index (Phi) is 5.82. The van der Waals surface area contributed by atoms with E-state index in [1.165, 1.54) is 0 Å². The highest BCUT2D eigenvalue weighted by Crippen LogP contribution is 2.32. The standard InChI is InChI=1S/C23H27NO5/c1-14-11-15(6-9-19(14)21(25)26)16-7-10-20-17(12-16)5-8-18(28-20)13-24-22(27)29-23(2,3)4/h6-7,9-12,18H,5,8,13H2,1-4H3,(H,24,27)(H,25,26)/t18-/m1/s1. The van der Waals surface area contributed by atoms with Gasteiger partial charge in [0, 0.05) is 0 Å². The molecule has 0 saturated carbocycles. The molecule has 0 radical (unpaired) electrons. The van der Waals surface area contributed by atoms with Gasteiger partial charge in [0.1, 0.15) is 17.5 Å². The molecule has 0 bridgehead atoms. The number of nitrogens with one attached hydrogen (secondary N) is 1. The molecule has 6 heteroatoms. The van der Waals surface area contributed by atoms with Crippen LogP contribution in [0.25, 0.3) is 11.1 Å². The van der Waals surface area contributed by atoms with Crippen LogP contribution in [-0.4, -0.2) is 35.4 Å². The van der Waals surface area contributed by atoms with E-state index in [-0.39, 0.29) is 6.10 Å². The molecule has 0 unspecified atom stereocenters. The summed E-state index contributed by atoms with van der Waals surface area (Å²) in [6.07, 6.45) is 1.10. The molecule has 0 spiro atoms. The van der Waals surface area contributed by atoms with E-state index in [9.17, 15) is 14.7 Å². The Labute approximate surface area is 170 Å². The number of carbonyl (C=O) groups excluding carboxylic acids is 1. The average molecular weight is 397 g/mol. The fraction of sp³-hybridized carbons (Fsp3) is 0.391. The Hall–Kier alpha value is -3.02. The van der Waals surface area contributed by atoms with Crippen molar-refractivity contribution in [1.82, 2.24) is 5.32 Å². The van der Waals surface area contributed by atoms with Crippen molar-refractivity contribution in [3.63, 3.8) is 0 Å². The van der Waals surface area contributed by atoms with Gasteiger partial charge in [-0.1, -0.05) is 18.2 Å². The molecule has 6 nitrogen and oxygen atoms in total. The van der Waals surface area contributed by atoms with Gasteiger partial charge in [0.05, 0.1) is 12.1 Å². The number of aryl methyl sites for hydroxylation is 2. The molecule has 2 aromatic rings. The molecular weight excluding hydrogens is 370 g/mol. The van der Waals surface area contributed by atoms with Crippen LogP contribution < -0.4 is 10.1 Å². The lowest BCUT2D eigenvalue weighted by Gasteiger charge is -2.27. The molecule has 1 amide bonds. The second-order valence-electron chi connectivity index (χ2n) is 8.32. The zero-order chi connectivity index (χ0) is 21.2. The number of amides is 1. The minimum Gasteiger partial charge on any atom is -0.488 e. The first-order chi connectivity index (χ1) is 13.6. The molecule has 1 atom stereocenters. The van der Waals surface area contributed by atoms with Gasteiger partial charge >= 0.3 is 12.1 Å². The van der Waals surface area contributed by atoms with Crippen LogP contribution in [0.4, 0.5) is 4.79 Å². The Morgan fingerprint density at radius 1 is 1.17 bits per heavy atom. The van der Waals surface area contributed by atoms with Crippen molar-refractivity contribution in [2.24, 2.45) is 0 Å². The van der Waals surface area contributed by atoms with Gasteiger partial charge in [0.25, 0.3) is 0 Å². The summed E-state index contributed by atoms with van der Waals surface area (Å²) in [6, 6.07) is 11.4. The number of benzene rings is 2. The van der Waals surface area contributed by atoms with E-state index in [1.807, 2.05) is 45.0 Å². The van der Waals surface area contributed by atoms with Gasteiger partial charge in [-0.2, -0.15) is 0 Å². The monoisotopic (exact) mass is 397 g/mol. The van der Waals surface area contributed by atoms with E-state index in [0.717, 1.165) is 40.8 Å². The summed E-state index contributed by atoms with van der Waals surface area (Å²) in [4.78, 5) is 23.0.